The highest BCUT2D eigenvalue weighted by Crippen LogP contribution is 2.20. The van der Waals surface area contributed by atoms with Crippen molar-refractivity contribution >= 4 is 27.7 Å². The minimum atomic E-state index is -0.330. The molecule has 0 radical (unpaired) electrons. The van der Waals surface area contributed by atoms with E-state index >= 15 is 0 Å². The van der Waals surface area contributed by atoms with E-state index in [9.17, 15) is 4.79 Å². The number of pyridine rings is 1. The van der Waals surface area contributed by atoms with Crippen LogP contribution < -0.4 is 10.6 Å². The quantitative estimate of drug-likeness (QED) is 0.876. The molecular formula is C12H18BrN3O. The molecule has 1 heterocycles. The Kier molecular flexibility index (Phi) is 5.41. The number of nitrogens with two attached hydrogens (primary N) is 1. The van der Waals surface area contributed by atoms with Crippen LogP contribution in [0.3, 0.4) is 0 Å². The first-order valence-corrected chi connectivity index (χ1v) is 6.49. The molecule has 0 fully saturated rings. The number of aryl methyl sites for hydroxylation is 1. The third-order valence-electron chi connectivity index (χ3n) is 2.48. The highest BCUT2D eigenvalue weighted by Gasteiger charge is 2.11. The maximum atomic E-state index is 11.0. The lowest BCUT2D eigenvalue weighted by Gasteiger charge is -2.22. The van der Waals surface area contributed by atoms with Crippen molar-refractivity contribution in [1.29, 1.82) is 0 Å². The number of carbonyl (C=O) groups excluding carboxylic acids is 1. The molecule has 0 aliphatic carbocycles. The van der Waals surface area contributed by atoms with Gasteiger partial charge in [0.1, 0.15) is 5.82 Å². The Hall–Kier alpha value is -1.10. The molecule has 0 saturated carbocycles. The predicted octanol–water partition coefficient (Wildman–Crippen LogP) is 2.24. The topological polar surface area (TPSA) is 59.2 Å². The molecule has 0 saturated heterocycles. The number of anilines is 1. The minimum absolute atomic E-state index is 0.216. The van der Waals surface area contributed by atoms with Crippen molar-refractivity contribution in [3.8, 4) is 0 Å². The summed E-state index contributed by atoms with van der Waals surface area (Å²) in [6.45, 7) is 5.13. The summed E-state index contributed by atoms with van der Waals surface area (Å²) >= 11 is 3.41. The van der Waals surface area contributed by atoms with E-state index in [4.69, 9.17) is 5.73 Å². The van der Waals surface area contributed by atoms with Crippen molar-refractivity contribution in [3.05, 3.63) is 22.3 Å². The SMILES string of the molecule is CCCCN(CC(N)=O)c1cc(C)c(Br)cn1. The van der Waals surface area contributed by atoms with Crippen molar-refractivity contribution < 1.29 is 4.79 Å². The number of carbonyl (C=O) groups is 1. The Morgan fingerprint density at radius 1 is 1.59 bits per heavy atom. The van der Waals surface area contributed by atoms with Crippen LogP contribution in [0.5, 0.6) is 0 Å². The van der Waals surface area contributed by atoms with Gasteiger partial charge in [-0.3, -0.25) is 4.79 Å². The Bertz CT molecular complexity index is 395. The van der Waals surface area contributed by atoms with Crippen LogP contribution in [0.1, 0.15) is 25.3 Å². The number of amides is 1. The van der Waals surface area contributed by atoms with Gasteiger partial charge in [0.05, 0.1) is 6.54 Å². The van der Waals surface area contributed by atoms with E-state index in [1.807, 2.05) is 17.9 Å². The van der Waals surface area contributed by atoms with Crippen molar-refractivity contribution in [2.75, 3.05) is 18.0 Å². The van der Waals surface area contributed by atoms with Crippen molar-refractivity contribution in [3.63, 3.8) is 0 Å². The number of hydrogen-bond acceptors (Lipinski definition) is 3. The Balaban J connectivity index is 2.86. The number of halogens is 1. The van der Waals surface area contributed by atoms with Gasteiger partial charge in [-0.15, -0.1) is 0 Å². The third kappa shape index (κ3) is 4.34. The number of aromatic nitrogens is 1. The largest absolute Gasteiger partial charge is 0.368 e. The first-order chi connectivity index (χ1) is 8.04. The van der Waals surface area contributed by atoms with Gasteiger partial charge in [-0.2, -0.15) is 0 Å². The molecule has 17 heavy (non-hydrogen) atoms. The van der Waals surface area contributed by atoms with Gasteiger partial charge in [0.15, 0.2) is 0 Å². The standard InChI is InChI=1S/C12H18BrN3O/c1-3-4-5-16(8-11(14)17)12-6-9(2)10(13)7-15-12/h6-7H,3-5,8H2,1-2H3,(H2,14,17). The second-order valence-electron chi connectivity index (χ2n) is 4.03. The van der Waals surface area contributed by atoms with Crippen molar-refractivity contribution in [2.45, 2.75) is 26.7 Å². The molecule has 0 aromatic carbocycles. The number of nitrogens with zero attached hydrogens (tertiary/aromatic N) is 2. The van der Waals surface area contributed by atoms with Gasteiger partial charge in [0.25, 0.3) is 0 Å². The zero-order valence-electron chi connectivity index (χ0n) is 10.2. The molecule has 1 aromatic heterocycles. The van der Waals surface area contributed by atoms with E-state index in [1.165, 1.54) is 0 Å². The predicted molar refractivity (Wildman–Crippen MR) is 73.0 cm³/mol. The van der Waals surface area contributed by atoms with E-state index in [2.05, 4.69) is 27.8 Å². The highest BCUT2D eigenvalue weighted by molar-refractivity contribution is 9.10. The molecule has 1 rings (SSSR count). The summed E-state index contributed by atoms with van der Waals surface area (Å²) in [6, 6.07) is 1.96. The molecule has 0 unspecified atom stereocenters. The molecule has 0 spiro atoms. The highest BCUT2D eigenvalue weighted by atomic mass is 79.9. The van der Waals surface area contributed by atoms with Crippen LogP contribution in [-0.2, 0) is 4.79 Å². The van der Waals surface area contributed by atoms with Crippen molar-refractivity contribution in [2.24, 2.45) is 5.73 Å². The fraction of sp³-hybridized carbons (Fsp3) is 0.500. The van der Waals surface area contributed by atoms with Crippen LogP contribution >= 0.6 is 15.9 Å². The molecular weight excluding hydrogens is 282 g/mol. The number of rotatable bonds is 6. The fourth-order valence-corrected chi connectivity index (χ4v) is 1.73. The van der Waals surface area contributed by atoms with Crippen molar-refractivity contribution in [1.82, 2.24) is 4.98 Å². The van der Waals surface area contributed by atoms with Gasteiger partial charge in [-0.1, -0.05) is 13.3 Å². The minimum Gasteiger partial charge on any atom is -0.368 e. The molecule has 1 amide bonds. The zero-order valence-corrected chi connectivity index (χ0v) is 11.8. The van der Waals surface area contributed by atoms with Gasteiger partial charge in [-0.05, 0) is 40.9 Å². The molecule has 4 nitrogen and oxygen atoms in total. The average Bonchev–Trinajstić information content (AvgIpc) is 2.27. The van der Waals surface area contributed by atoms with Crippen LogP contribution in [0.2, 0.25) is 0 Å². The lowest BCUT2D eigenvalue weighted by atomic mass is 10.2. The first-order valence-electron chi connectivity index (χ1n) is 5.70. The van der Waals surface area contributed by atoms with Crippen LogP contribution in [-0.4, -0.2) is 24.0 Å². The summed E-state index contributed by atoms with van der Waals surface area (Å²) in [7, 11) is 0. The monoisotopic (exact) mass is 299 g/mol. The summed E-state index contributed by atoms with van der Waals surface area (Å²) in [6.07, 6.45) is 3.85. The zero-order chi connectivity index (χ0) is 12.8. The number of unbranched alkanes of at least 4 members (excludes halogenated alkanes) is 1. The summed E-state index contributed by atoms with van der Waals surface area (Å²) in [4.78, 5) is 17.3. The van der Waals surface area contributed by atoms with Crippen LogP contribution in [0.15, 0.2) is 16.7 Å². The Labute approximate surface area is 110 Å². The van der Waals surface area contributed by atoms with Crippen LogP contribution in [0.4, 0.5) is 5.82 Å². The molecule has 0 bridgehead atoms. The molecule has 5 heteroatoms. The summed E-state index contributed by atoms with van der Waals surface area (Å²) in [5, 5.41) is 0. The maximum Gasteiger partial charge on any atom is 0.236 e. The summed E-state index contributed by atoms with van der Waals surface area (Å²) < 4.78 is 0.968. The van der Waals surface area contributed by atoms with E-state index in [1.54, 1.807) is 6.20 Å². The molecule has 0 atom stereocenters. The lowest BCUT2D eigenvalue weighted by Crippen LogP contribution is -2.35. The average molecular weight is 300 g/mol. The summed E-state index contributed by atoms with van der Waals surface area (Å²) in [5.41, 5.74) is 6.35. The molecule has 0 aliphatic heterocycles. The van der Waals surface area contributed by atoms with E-state index < -0.39 is 0 Å². The molecule has 0 aliphatic rings. The van der Waals surface area contributed by atoms with Crippen LogP contribution in [0.25, 0.3) is 0 Å². The Morgan fingerprint density at radius 2 is 2.29 bits per heavy atom. The maximum absolute atomic E-state index is 11.0. The van der Waals surface area contributed by atoms with E-state index in [0.717, 1.165) is 35.2 Å². The number of hydrogen-bond donors (Lipinski definition) is 1. The fourth-order valence-electron chi connectivity index (χ4n) is 1.51. The normalized spacial score (nSPS) is 10.3. The third-order valence-corrected chi connectivity index (χ3v) is 3.31. The number of primary amides is 1. The first kappa shape index (κ1) is 14.0. The lowest BCUT2D eigenvalue weighted by molar-refractivity contribution is -0.116. The molecule has 2 N–H and O–H groups in total. The molecule has 1 aromatic rings. The van der Waals surface area contributed by atoms with Gasteiger partial charge in [-0.25, -0.2) is 4.98 Å². The summed E-state index contributed by atoms with van der Waals surface area (Å²) in [5.74, 6) is 0.474. The van der Waals surface area contributed by atoms with Gasteiger partial charge >= 0.3 is 0 Å². The smallest absolute Gasteiger partial charge is 0.236 e. The Morgan fingerprint density at radius 3 is 2.82 bits per heavy atom. The van der Waals surface area contributed by atoms with Gasteiger partial charge in [0.2, 0.25) is 5.91 Å². The van der Waals surface area contributed by atoms with E-state index in [0.29, 0.717) is 0 Å². The van der Waals surface area contributed by atoms with Crippen LogP contribution in [0, 0.1) is 6.92 Å². The van der Waals surface area contributed by atoms with E-state index in [-0.39, 0.29) is 12.5 Å². The second kappa shape index (κ2) is 6.59. The molecule has 94 valence electrons. The van der Waals surface area contributed by atoms with Gasteiger partial charge in [0, 0.05) is 17.2 Å². The van der Waals surface area contributed by atoms with Gasteiger partial charge < -0.3 is 10.6 Å². The second-order valence-corrected chi connectivity index (χ2v) is 4.89.